The third-order valence-electron chi connectivity index (χ3n) is 3.86. The van der Waals surface area contributed by atoms with Gasteiger partial charge in [0.25, 0.3) is 0 Å². The van der Waals surface area contributed by atoms with E-state index in [4.69, 9.17) is 0 Å². The Labute approximate surface area is 121 Å². The van der Waals surface area contributed by atoms with Gasteiger partial charge in [-0.3, -0.25) is 0 Å². The number of hydrogen-bond donors (Lipinski definition) is 1. The van der Waals surface area contributed by atoms with Crippen LogP contribution in [0.4, 0.5) is 14.6 Å². The predicted molar refractivity (Wildman–Crippen MR) is 76.0 cm³/mol. The number of halogens is 2. The third kappa shape index (κ3) is 2.57. The lowest BCUT2D eigenvalue weighted by molar-refractivity contribution is -0.0499. The standard InChI is InChI=1S/C15H17F2N3O/c1-9-10(2)19-20-13(6-7-18-14(9)20)11-4-3-5-12(8-11)21-15(16)17/h3-5,8,13,15,18H,6-7H2,1-2H3. The molecule has 3 rings (SSSR count). The highest BCUT2D eigenvalue weighted by Gasteiger charge is 2.25. The predicted octanol–water partition coefficient (Wildman–Crippen LogP) is 3.51. The minimum absolute atomic E-state index is 0.0369. The molecule has 1 aromatic carbocycles. The van der Waals surface area contributed by atoms with Crippen LogP contribution >= 0.6 is 0 Å². The van der Waals surface area contributed by atoms with Crippen molar-refractivity contribution in [3.8, 4) is 5.75 Å². The van der Waals surface area contributed by atoms with E-state index in [1.165, 1.54) is 6.07 Å². The van der Waals surface area contributed by atoms with Gasteiger partial charge < -0.3 is 10.1 Å². The molecule has 0 aliphatic carbocycles. The fourth-order valence-corrected chi connectivity index (χ4v) is 2.72. The molecule has 1 aliphatic heterocycles. The topological polar surface area (TPSA) is 39.1 Å². The smallest absolute Gasteiger partial charge is 0.387 e. The number of fused-ring (bicyclic) bond motifs is 1. The Morgan fingerprint density at radius 3 is 2.95 bits per heavy atom. The van der Waals surface area contributed by atoms with Crippen molar-refractivity contribution in [2.75, 3.05) is 11.9 Å². The lowest BCUT2D eigenvalue weighted by Gasteiger charge is -2.26. The molecule has 112 valence electrons. The molecule has 1 aromatic heterocycles. The molecule has 0 saturated heterocycles. The number of rotatable bonds is 3. The molecule has 2 heterocycles. The molecular formula is C15H17F2N3O. The molecule has 6 heteroatoms. The summed E-state index contributed by atoms with van der Waals surface area (Å²) in [5, 5.41) is 7.91. The maximum absolute atomic E-state index is 12.3. The SMILES string of the molecule is Cc1nn2c(c1C)NCCC2c1cccc(OC(F)F)c1. The number of benzene rings is 1. The zero-order valence-corrected chi connectivity index (χ0v) is 11.9. The second kappa shape index (κ2) is 5.35. The summed E-state index contributed by atoms with van der Waals surface area (Å²) in [6.45, 7) is 2.02. The van der Waals surface area contributed by atoms with E-state index in [0.717, 1.165) is 35.6 Å². The first-order valence-electron chi connectivity index (χ1n) is 6.90. The van der Waals surface area contributed by atoms with Gasteiger partial charge in [-0.15, -0.1) is 0 Å². The number of nitrogens with zero attached hydrogens (tertiary/aromatic N) is 2. The molecule has 1 N–H and O–H groups in total. The maximum atomic E-state index is 12.3. The van der Waals surface area contributed by atoms with Crippen LogP contribution < -0.4 is 10.1 Å². The number of nitrogens with one attached hydrogen (secondary N) is 1. The summed E-state index contributed by atoms with van der Waals surface area (Å²) in [7, 11) is 0. The molecule has 0 fully saturated rings. The zero-order valence-electron chi connectivity index (χ0n) is 11.9. The summed E-state index contributed by atoms with van der Waals surface area (Å²) >= 11 is 0. The first kappa shape index (κ1) is 13.9. The number of ether oxygens (including phenoxy) is 1. The van der Waals surface area contributed by atoms with Gasteiger partial charge in [0, 0.05) is 12.1 Å². The van der Waals surface area contributed by atoms with Crippen LogP contribution in [0.25, 0.3) is 0 Å². The Bertz CT molecular complexity index is 654. The second-order valence-corrected chi connectivity index (χ2v) is 5.19. The van der Waals surface area contributed by atoms with Crippen LogP contribution in [0.3, 0.4) is 0 Å². The average molecular weight is 293 g/mol. The molecule has 0 saturated carbocycles. The quantitative estimate of drug-likeness (QED) is 0.941. The van der Waals surface area contributed by atoms with Crippen LogP contribution in [-0.2, 0) is 0 Å². The normalized spacial score (nSPS) is 17.5. The van der Waals surface area contributed by atoms with Gasteiger partial charge in [0.2, 0.25) is 0 Å². The van der Waals surface area contributed by atoms with Crippen molar-refractivity contribution in [2.45, 2.75) is 32.9 Å². The number of hydrogen-bond acceptors (Lipinski definition) is 3. The van der Waals surface area contributed by atoms with Crippen molar-refractivity contribution in [3.63, 3.8) is 0 Å². The molecule has 2 aromatic rings. The number of alkyl halides is 2. The van der Waals surface area contributed by atoms with E-state index in [0.29, 0.717) is 0 Å². The van der Waals surface area contributed by atoms with E-state index in [2.05, 4.69) is 15.2 Å². The van der Waals surface area contributed by atoms with Gasteiger partial charge in [-0.25, -0.2) is 4.68 Å². The molecule has 4 nitrogen and oxygen atoms in total. The van der Waals surface area contributed by atoms with E-state index >= 15 is 0 Å². The highest BCUT2D eigenvalue weighted by Crippen LogP contribution is 2.33. The number of aromatic nitrogens is 2. The average Bonchev–Trinajstić information content (AvgIpc) is 2.74. The second-order valence-electron chi connectivity index (χ2n) is 5.19. The Hall–Kier alpha value is -2.11. The van der Waals surface area contributed by atoms with Gasteiger partial charge >= 0.3 is 6.61 Å². The Morgan fingerprint density at radius 1 is 1.38 bits per heavy atom. The number of aryl methyl sites for hydroxylation is 1. The minimum atomic E-state index is -2.81. The highest BCUT2D eigenvalue weighted by molar-refractivity contribution is 5.49. The monoisotopic (exact) mass is 293 g/mol. The van der Waals surface area contributed by atoms with Crippen LogP contribution in [0.2, 0.25) is 0 Å². The van der Waals surface area contributed by atoms with Crippen molar-refractivity contribution < 1.29 is 13.5 Å². The summed E-state index contributed by atoms with van der Waals surface area (Å²) in [6, 6.07) is 6.90. The summed E-state index contributed by atoms with van der Waals surface area (Å²) in [4.78, 5) is 0. The molecule has 0 bridgehead atoms. The molecule has 1 aliphatic rings. The van der Waals surface area contributed by atoms with E-state index in [-0.39, 0.29) is 11.8 Å². The summed E-state index contributed by atoms with van der Waals surface area (Å²) in [5.41, 5.74) is 3.03. The van der Waals surface area contributed by atoms with E-state index in [1.807, 2.05) is 24.6 Å². The molecule has 1 atom stereocenters. The van der Waals surface area contributed by atoms with Gasteiger partial charge in [0.15, 0.2) is 0 Å². The highest BCUT2D eigenvalue weighted by atomic mass is 19.3. The van der Waals surface area contributed by atoms with Crippen molar-refractivity contribution in [3.05, 3.63) is 41.1 Å². The van der Waals surface area contributed by atoms with Crippen LogP contribution in [0.1, 0.15) is 29.3 Å². The van der Waals surface area contributed by atoms with Gasteiger partial charge in [-0.2, -0.15) is 13.9 Å². The summed E-state index contributed by atoms with van der Waals surface area (Å²) in [6.07, 6.45) is 0.853. The molecule has 1 unspecified atom stereocenters. The zero-order chi connectivity index (χ0) is 15.0. The summed E-state index contributed by atoms with van der Waals surface area (Å²) < 4.78 is 31.1. The minimum Gasteiger partial charge on any atom is -0.435 e. The molecular weight excluding hydrogens is 276 g/mol. The van der Waals surface area contributed by atoms with E-state index < -0.39 is 6.61 Å². The Kier molecular flexibility index (Phi) is 3.53. The summed E-state index contributed by atoms with van der Waals surface area (Å²) in [5.74, 6) is 1.19. The van der Waals surface area contributed by atoms with E-state index in [1.54, 1.807) is 12.1 Å². The first-order chi connectivity index (χ1) is 10.1. The lowest BCUT2D eigenvalue weighted by Crippen LogP contribution is -2.24. The van der Waals surface area contributed by atoms with Crippen LogP contribution in [0.15, 0.2) is 24.3 Å². The lowest BCUT2D eigenvalue weighted by atomic mass is 10.0. The van der Waals surface area contributed by atoms with Crippen LogP contribution in [0.5, 0.6) is 5.75 Å². The van der Waals surface area contributed by atoms with Gasteiger partial charge in [-0.05, 0) is 38.0 Å². The van der Waals surface area contributed by atoms with Crippen LogP contribution in [-0.4, -0.2) is 22.9 Å². The van der Waals surface area contributed by atoms with Crippen molar-refractivity contribution in [1.82, 2.24) is 9.78 Å². The largest absolute Gasteiger partial charge is 0.435 e. The van der Waals surface area contributed by atoms with Gasteiger partial charge in [-0.1, -0.05) is 12.1 Å². The first-order valence-corrected chi connectivity index (χ1v) is 6.90. The maximum Gasteiger partial charge on any atom is 0.387 e. The fourth-order valence-electron chi connectivity index (χ4n) is 2.72. The molecule has 0 spiro atoms. The van der Waals surface area contributed by atoms with Crippen molar-refractivity contribution in [2.24, 2.45) is 0 Å². The van der Waals surface area contributed by atoms with Gasteiger partial charge in [0.1, 0.15) is 11.6 Å². The Morgan fingerprint density at radius 2 is 2.19 bits per heavy atom. The van der Waals surface area contributed by atoms with Gasteiger partial charge in [0.05, 0.1) is 11.7 Å². The molecule has 0 radical (unpaired) electrons. The van der Waals surface area contributed by atoms with Crippen LogP contribution in [0, 0.1) is 13.8 Å². The van der Waals surface area contributed by atoms with Crippen molar-refractivity contribution in [1.29, 1.82) is 0 Å². The Balaban J connectivity index is 1.97. The fraction of sp³-hybridized carbons (Fsp3) is 0.400. The molecule has 21 heavy (non-hydrogen) atoms. The third-order valence-corrected chi connectivity index (χ3v) is 3.86. The molecule has 0 amide bonds. The number of anilines is 1. The van der Waals surface area contributed by atoms with E-state index in [9.17, 15) is 8.78 Å². The van der Waals surface area contributed by atoms with Crippen molar-refractivity contribution >= 4 is 5.82 Å².